The molecule has 0 aliphatic carbocycles. The number of rotatable bonds is 4. The molecule has 2 bridgehead atoms. The van der Waals surface area contributed by atoms with Gasteiger partial charge in [-0.3, -0.25) is 15.2 Å². The summed E-state index contributed by atoms with van der Waals surface area (Å²) in [4.78, 5) is 19.2. The first-order valence-corrected chi connectivity index (χ1v) is 9.85. The molecule has 4 heterocycles. The Labute approximate surface area is 161 Å². The fourth-order valence-corrected chi connectivity index (χ4v) is 4.49. The molecule has 2 aromatic rings. The van der Waals surface area contributed by atoms with Crippen molar-refractivity contribution in [3.05, 3.63) is 58.8 Å². The third kappa shape index (κ3) is 3.76. The molecule has 26 heavy (non-hydrogen) atoms. The van der Waals surface area contributed by atoms with Crippen LogP contribution in [0.4, 0.5) is 10.5 Å². The van der Waals surface area contributed by atoms with Crippen molar-refractivity contribution in [2.45, 2.75) is 31.4 Å². The van der Waals surface area contributed by atoms with Crippen LogP contribution in [0.25, 0.3) is 0 Å². The summed E-state index contributed by atoms with van der Waals surface area (Å²) in [5, 5.41) is 2.86. The highest BCUT2D eigenvalue weighted by atomic mass is 79.9. The highest BCUT2D eigenvalue weighted by Gasteiger charge is 2.44. The zero-order valence-corrected chi connectivity index (χ0v) is 16.1. The molecular formula is C20H22BrN3O2. The Morgan fingerprint density at radius 3 is 2.77 bits per heavy atom. The summed E-state index contributed by atoms with van der Waals surface area (Å²) >= 11 is 3.45. The number of nitrogens with one attached hydrogen (secondary N) is 1. The number of anilines is 1. The average Bonchev–Trinajstić information content (AvgIpc) is 2.67. The Morgan fingerprint density at radius 2 is 2.04 bits per heavy atom. The lowest BCUT2D eigenvalue weighted by Crippen LogP contribution is -2.60. The molecule has 136 valence electrons. The zero-order chi connectivity index (χ0) is 17.9. The van der Waals surface area contributed by atoms with E-state index in [-0.39, 0.29) is 18.2 Å². The van der Waals surface area contributed by atoms with Crippen LogP contribution in [0.1, 0.15) is 18.4 Å². The van der Waals surface area contributed by atoms with Gasteiger partial charge >= 0.3 is 6.09 Å². The average molecular weight is 416 g/mol. The van der Waals surface area contributed by atoms with Gasteiger partial charge in [-0.1, -0.05) is 18.2 Å². The maximum absolute atomic E-state index is 12.5. The number of para-hydroxylation sites is 1. The van der Waals surface area contributed by atoms with Gasteiger partial charge in [0.15, 0.2) is 0 Å². The van der Waals surface area contributed by atoms with Crippen molar-refractivity contribution in [3.63, 3.8) is 0 Å². The molecule has 5 nitrogen and oxygen atoms in total. The number of carbonyl (C=O) groups is 1. The van der Waals surface area contributed by atoms with Crippen molar-refractivity contribution in [3.8, 4) is 0 Å². The molecule has 0 spiro atoms. The van der Waals surface area contributed by atoms with E-state index in [0.717, 1.165) is 42.5 Å². The second-order valence-corrected chi connectivity index (χ2v) is 7.84. The molecule has 1 aromatic carbocycles. The number of aromatic nitrogens is 1. The SMILES string of the molecule is O=C(Nc1ccccc1Br)O[C@@H]1C2CCN(CC2)[C@H]1Cc1cccnc1. The van der Waals surface area contributed by atoms with Crippen molar-refractivity contribution in [2.75, 3.05) is 18.4 Å². The normalized spacial score (nSPS) is 27.1. The Morgan fingerprint density at radius 1 is 1.23 bits per heavy atom. The lowest BCUT2D eigenvalue weighted by Gasteiger charge is -2.50. The number of nitrogens with zero attached hydrogens (tertiary/aromatic N) is 2. The van der Waals surface area contributed by atoms with Gasteiger partial charge < -0.3 is 4.74 Å². The fraction of sp³-hybridized carbons (Fsp3) is 0.400. The van der Waals surface area contributed by atoms with E-state index in [9.17, 15) is 4.79 Å². The lowest BCUT2D eigenvalue weighted by molar-refractivity contribution is -0.0741. The Balaban J connectivity index is 1.47. The summed E-state index contributed by atoms with van der Waals surface area (Å²) in [5.41, 5.74) is 1.91. The molecule has 1 N–H and O–H groups in total. The van der Waals surface area contributed by atoms with Crippen LogP contribution in [0, 0.1) is 5.92 Å². The number of carbonyl (C=O) groups excluding carboxylic acids is 1. The van der Waals surface area contributed by atoms with E-state index in [2.05, 4.69) is 37.2 Å². The predicted molar refractivity (Wildman–Crippen MR) is 104 cm³/mol. The third-order valence-electron chi connectivity index (χ3n) is 5.41. The van der Waals surface area contributed by atoms with Crippen LogP contribution < -0.4 is 5.32 Å². The number of halogens is 1. The van der Waals surface area contributed by atoms with Crippen LogP contribution in [0.5, 0.6) is 0 Å². The molecule has 3 saturated heterocycles. The van der Waals surface area contributed by atoms with E-state index in [1.807, 2.05) is 36.5 Å². The van der Waals surface area contributed by atoms with Crippen LogP contribution in [0.3, 0.4) is 0 Å². The minimum absolute atomic E-state index is 0.0832. The van der Waals surface area contributed by atoms with Crippen LogP contribution in [-0.2, 0) is 11.2 Å². The van der Waals surface area contributed by atoms with Gasteiger partial charge in [0.2, 0.25) is 0 Å². The number of ether oxygens (including phenoxy) is 1. The Kier molecular flexibility index (Phi) is 5.22. The maximum atomic E-state index is 12.5. The molecule has 0 radical (unpaired) electrons. The monoisotopic (exact) mass is 415 g/mol. The van der Waals surface area contributed by atoms with Gasteiger partial charge in [-0.2, -0.15) is 0 Å². The van der Waals surface area contributed by atoms with Gasteiger partial charge in [0, 0.05) is 22.8 Å². The number of hydrogen-bond acceptors (Lipinski definition) is 4. The van der Waals surface area contributed by atoms with E-state index >= 15 is 0 Å². The van der Waals surface area contributed by atoms with E-state index in [4.69, 9.17) is 4.74 Å². The molecule has 3 fully saturated rings. The topological polar surface area (TPSA) is 54.5 Å². The molecule has 1 amide bonds. The summed E-state index contributed by atoms with van der Waals surface area (Å²) in [7, 11) is 0. The maximum Gasteiger partial charge on any atom is 0.411 e. The van der Waals surface area contributed by atoms with Crippen molar-refractivity contribution in [2.24, 2.45) is 5.92 Å². The van der Waals surface area contributed by atoms with E-state index in [1.165, 1.54) is 5.56 Å². The third-order valence-corrected chi connectivity index (χ3v) is 6.10. The van der Waals surface area contributed by atoms with E-state index < -0.39 is 0 Å². The number of piperidine rings is 3. The van der Waals surface area contributed by atoms with Crippen molar-refractivity contribution >= 4 is 27.7 Å². The van der Waals surface area contributed by atoms with Gasteiger partial charge in [-0.15, -0.1) is 0 Å². The summed E-state index contributed by atoms with van der Waals surface area (Å²) in [5.74, 6) is 0.437. The van der Waals surface area contributed by atoms with Gasteiger partial charge in [0.25, 0.3) is 0 Å². The molecule has 5 rings (SSSR count). The molecule has 0 unspecified atom stereocenters. The quantitative estimate of drug-likeness (QED) is 0.816. The van der Waals surface area contributed by atoms with Crippen LogP contribution in [-0.4, -0.2) is 41.2 Å². The minimum atomic E-state index is -0.383. The number of amides is 1. The van der Waals surface area contributed by atoms with E-state index in [0.29, 0.717) is 5.92 Å². The first kappa shape index (κ1) is 17.5. The highest BCUT2D eigenvalue weighted by Crippen LogP contribution is 2.36. The molecule has 3 aliphatic rings. The molecule has 1 aromatic heterocycles. The molecule has 0 saturated carbocycles. The van der Waals surface area contributed by atoms with Crippen molar-refractivity contribution < 1.29 is 9.53 Å². The summed E-state index contributed by atoms with van der Waals surface area (Å²) < 4.78 is 6.78. The lowest BCUT2D eigenvalue weighted by atomic mass is 9.78. The molecule has 6 heteroatoms. The van der Waals surface area contributed by atoms with Gasteiger partial charge in [-0.05, 0) is 72.0 Å². The van der Waals surface area contributed by atoms with Crippen LogP contribution >= 0.6 is 15.9 Å². The molecular weight excluding hydrogens is 394 g/mol. The smallest absolute Gasteiger partial charge is 0.411 e. The largest absolute Gasteiger partial charge is 0.444 e. The predicted octanol–water partition coefficient (Wildman–Crippen LogP) is 4.10. The summed E-state index contributed by atoms with van der Waals surface area (Å²) in [6.45, 7) is 2.17. The summed E-state index contributed by atoms with van der Waals surface area (Å²) in [6, 6.07) is 11.8. The number of pyridine rings is 1. The first-order chi connectivity index (χ1) is 12.7. The van der Waals surface area contributed by atoms with Crippen molar-refractivity contribution in [1.29, 1.82) is 0 Å². The molecule has 3 aliphatic heterocycles. The Bertz CT molecular complexity index is 763. The molecule has 2 atom stereocenters. The van der Waals surface area contributed by atoms with Gasteiger partial charge in [0.05, 0.1) is 11.7 Å². The second-order valence-electron chi connectivity index (χ2n) is 6.98. The number of fused-ring (bicyclic) bond motifs is 3. The summed E-state index contributed by atoms with van der Waals surface area (Å²) in [6.07, 6.45) is 6.27. The fourth-order valence-electron chi connectivity index (χ4n) is 4.11. The standard InChI is InChI=1S/C20H22BrN3O2/c21-16-5-1-2-6-17(16)23-20(25)26-19-15-7-10-24(11-8-15)18(19)12-14-4-3-9-22-13-14/h1-6,9,13,15,18-19H,7-8,10-12H2,(H,23,25)/t18-,19+/m0/s1. The van der Waals surface area contributed by atoms with Gasteiger partial charge in [0.1, 0.15) is 6.10 Å². The van der Waals surface area contributed by atoms with Gasteiger partial charge in [-0.25, -0.2) is 4.79 Å². The Hall–Kier alpha value is -1.92. The minimum Gasteiger partial charge on any atom is -0.444 e. The zero-order valence-electron chi connectivity index (χ0n) is 14.5. The second kappa shape index (κ2) is 7.76. The van der Waals surface area contributed by atoms with Crippen LogP contribution in [0.15, 0.2) is 53.3 Å². The highest BCUT2D eigenvalue weighted by molar-refractivity contribution is 9.10. The number of hydrogen-bond donors (Lipinski definition) is 1. The van der Waals surface area contributed by atoms with Crippen LogP contribution in [0.2, 0.25) is 0 Å². The van der Waals surface area contributed by atoms with E-state index in [1.54, 1.807) is 6.20 Å². The first-order valence-electron chi connectivity index (χ1n) is 9.06. The number of benzene rings is 1. The van der Waals surface area contributed by atoms with Crippen molar-refractivity contribution in [1.82, 2.24) is 9.88 Å².